The Balaban J connectivity index is 1.89. The Morgan fingerprint density at radius 1 is 1.29 bits per heavy atom. The van der Waals surface area contributed by atoms with Crippen molar-refractivity contribution in [3.8, 4) is 0 Å². The molecule has 21 heavy (non-hydrogen) atoms. The van der Waals surface area contributed by atoms with Crippen LogP contribution < -0.4 is 21.0 Å². The van der Waals surface area contributed by atoms with Gasteiger partial charge in [0.1, 0.15) is 6.54 Å². The van der Waals surface area contributed by atoms with E-state index in [0.29, 0.717) is 17.1 Å². The number of hydrogen-bond donors (Lipinski definition) is 4. The highest BCUT2D eigenvalue weighted by molar-refractivity contribution is 5.72. The van der Waals surface area contributed by atoms with E-state index < -0.39 is 11.2 Å². The maximum absolute atomic E-state index is 11.8. The highest BCUT2D eigenvalue weighted by atomic mass is 16.3. The molecule has 2 aromatic rings. The van der Waals surface area contributed by atoms with Crippen molar-refractivity contribution in [3.63, 3.8) is 0 Å². The summed E-state index contributed by atoms with van der Waals surface area (Å²) in [5.74, 6) is 0.611. The SMILES string of the molecule is Cn1c(=O)[nH]c(=O)c2[nH]c(N3CC[NH+](CCO)CC3)nc21. The summed E-state index contributed by atoms with van der Waals surface area (Å²) in [6.45, 7) is 4.35. The van der Waals surface area contributed by atoms with Crippen LogP contribution in [0.25, 0.3) is 11.2 Å². The summed E-state index contributed by atoms with van der Waals surface area (Å²) in [7, 11) is 1.58. The lowest BCUT2D eigenvalue weighted by Gasteiger charge is -2.31. The minimum Gasteiger partial charge on any atom is -0.391 e. The summed E-state index contributed by atoms with van der Waals surface area (Å²) in [6, 6.07) is 0. The van der Waals surface area contributed by atoms with Crippen LogP contribution in [0.15, 0.2) is 9.59 Å². The molecule has 9 nitrogen and oxygen atoms in total. The van der Waals surface area contributed by atoms with Crippen LogP contribution >= 0.6 is 0 Å². The van der Waals surface area contributed by atoms with Gasteiger partial charge in [-0.25, -0.2) is 4.79 Å². The number of anilines is 1. The van der Waals surface area contributed by atoms with E-state index in [0.717, 1.165) is 32.7 Å². The van der Waals surface area contributed by atoms with Crippen LogP contribution in [0.5, 0.6) is 0 Å². The molecule has 0 atom stereocenters. The third kappa shape index (κ3) is 2.45. The van der Waals surface area contributed by atoms with Gasteiger partial charge < -0.3 is 19.9 Å². The fourth-order valence-electron chi connectivity index (χ4n) is 2.69. The molecule has 0 aliphatic carbocycles. The Bertz CT molecular complexity index is 752. The van der Waals surface area contributed by atoms with Gasteiger partial charge in [-0.15, -0.1) is 0 Å². The minimum atomic E-state index is -0.470. The second-order valence-corrected chi connectivity index (χ2v) is 5.29. The molecule has 1 aliphatic rings. The first kappa shape index (κ1) is 13.8. The maximum Gasteiger partial charge on any atom is 0.329 e. The quantitative estimate of drug-likeness (QED) is 0.473. The van der Waals surface area contributed by atoms with Crippen molar-refractivity contribution >= 4 is 17.1 Å². The second kappa shape index (κ2) is 5.34. The van der Waals surface area contributed by atoms with Crippen LogP contribution in [0.2, 0.25) is 0 Å². The van der Waals surface area contributed by atoms with Crippen molar-refractivity contribution in [1.29, 1.82) is 0 Å². The molecule has 0 saturated carbocycles. The monoisotopic (exact) mass is 295 g/mol. The summed E-state index contributed by atoms with van der Waals surface area (Å²) >= 11 is 0. The molecule has 0 aromatic carbocycles. The lowest BCUT2D eigenvalue weighted by molar-refractivity contribution is -0.900. The number of hydrogen-bond acceptors (Lipinski definition) is 5. The Morgan fingerprint density at radius 3 is 2.67 bits per heavy atom. The van der Waals surface area contributed by atoms with Crippen molar-refractivity contribution in [2.75, 3.05) is 44.2 Å². The predicted octanol–water partition coefficient (Wildman–Crippen LogP) is -3.35. The zero-order valence-electron chi connectivity index (χ0n) is 11.8. The molecule has 114 valence electrons. The Kier molecular flexibility index (Phi) is 3.52. The standard InChI is InChI=1S/C12H18N6O3/c1-16-9-8(10(20)15-12(16)21)13-11(14-9)18-4-2-17(3-5-18)6-7-19/h19H,2-7H2,1H3,(H,13,14)(H,15,20,21)/p+1. The van der Waals surface area contributed by atoms with Crippen molar-refractivity contribution in [2.45, 2.75) is 0 Å². The van der Waals surface area contributed by atoms with Gasteiger partial charge >= 0.3 is 5.69 Å². The van der Waals surface area contributed by atoms with Crippen molar-refractivity contribution in [2.24, 2.45) is 7.05 Å². The highest BCUT2D eigenvalue weighted by Gasteiger charge is 2.22. The molecule has 0 bridgehead atoms. The predicted molar refractivity (Wildman–Crippen MR) is 76.8 cm³/mol. The highest BCUT2D eigenvalue weighted by Crippen LogP contribution is 2.12. The van der Waals surface area contributed by atoms with E-state index in [2.05, 4.69) is 19.9 Å². The molecule has 0 spiro atoms. The molecule has 3 heterocycles. The minimum absolute atomic E-state index is 0.192. The van der Waals surface area contributed by atoms with E-state index in [4.69, 9.17) is 5.11 Å². The molecule has 1 saturated heterocycles. The zero-order chi connectivity index (χ0) is 15.0. The molecule has 2 aromatic heterocycles. The molecule has 0 unspecified atom stereocenters. The van der Waals surface area contributed by atoms with Crippen molar-refractivity contribution < 1.29 is 10.0 Å². The number of aliphatic hydroxyl groups is 1. The van der Waals surface area contributed by atoms with E-state index in [9.17, 15) is 9.59 Å². The van der Waals surface area contributed by atoms with Gasteiger partial charge in [-0.3, -0.25) is 14.3 Å². The van der Waals surface area contributed by atoms with Crippen molar-refractivity contribution in [3.05, 3.63) is 20.8 Å². The fraction of sp³-hybridized carbons (Fsp3) is 0.583. The average Bonchev–Trinajstić information content (AvgIpc) is 2.92. The van der Waals surface area contributed by atoms with Gasteiger partial charge in [0.05, 0.1) is 32.8 Å². The Hall–Kier alpha value is -2.13. The number of piperazine rings is 1. The molecule has 1 aliphatic heterocycles. The molecule has 4 N–H and O–H groups in total. The number of nitrogens with one attached hydrogen (secondary N) is 3. The van der Waals surface area contributed by atoms with Crippen molar-refractivity contribution in [1.82, 2.24) is 19.5 Å². The Morgan fingerprint density at radius 2 is 2.00 bits per heavy atom. The topological polar surface area (TPSA) is 111 Å². The first-order chi connectivity index (χ1) is 10.1. The first-order valence-electron chi connectivity index (χ1n) is 6.98. The van der Waals surface area contributed by atoms with Crippen LogP contribution in [0.3, 0.4) is 0 Å². The van der Waals surface area contributed by atoms with Gasteiger partial charge in [-0.1, -0.05) is 0 Å². The van der Waals surface area contributed by atoms with Crippen LogP contribution in [-0.4, -0.2) is 64.0 Å². The number of quaternary nitrogens is 1. The van der Waals surface area contributed by atoms with Gasteiger partial charge in [-0.2, -0.15) is 4.98 Å². The maximum atomic E-state index is 11.8. The third-order valence-corrected chi connectivity index (χ3v) is 3.98. The van der Waals surface area contributed by atoms with Crippen LogP contribution in [0.4, 0.5) is 5.95 Å². The molecule has 9 heteroatoms. The molecule has 3 rings (SSSR count). The average molecular weight is 295 g/mol. The van der Waals surface area contributed by atoms with Gasteiger partial charge in [0.2, 0.25) is 5.95 Å². The molecule has 0 amide bonds. The number of aromatic amines is 2. The van der Waals surface area contributed by atoms with Crippen LogP contribution in [0.1, 0.15) is 0 Å². The molecular formula is C12H19N6O3+. The van der Waals surface area contributed by atoms with Gasteiger partial charge in [0, 0.05) is 7.05 Å². The number of nitrogens with zero attached hydrogens (tertiary/aromatic N) is 3. The van der Waals surface area contributed by atoms with E-state index in [1.807, 2.05) is 0 Å². The zero-order valence-corrected chi connectivity index (χ0v) is 11.8. The van der Waals surface area contributed by atoms with Gasteiger partial charge in [0.25, 0.3) is 5.56 Å². The van der Waals surface area contributed by atoms with Crippen LogP contribution in [-0.2, 0) is 7.05 Å². The van der Waals surface area contributed by atoms with Gasteiger partial charge in [0.15, 0.2) is 11.2 Å². The number of imidazole rings is 1. The Labute approximate surface area is 119 Å². The number of aromatic nitrogens is 4. The van der Waals surface area contributed by atoms with E-state index in [1.54, 1.807) is 7.05 Å². The number of aryl methyl sites for hydroxylation is 1. The fourth-order valence-corrected chi connectivity index (χ4v) is 2.69. The molecule has 1 fully saturated rings. The molecular weight excluding hydrogens is 276 g/mol. The summed E-state index contributed by atoms with van der Waals surface area (Å²) in [5.41, 5.74) is -0.236. The normalized spacial score (nSPS) is 16.8. The largest absolute Gasteiger partial charge is 0.391 e. The summed E-state index contributed by atoms with van der Waals surface area (Å²) in [4.78, 5) is 36.4. The lowest BCUT2D eigenvalue weighted by atomic mass is 10.3. The third-order valence-electron chi connectivity index (χ3n) is 3.98. The summed E-state index contributed by atoms with van der Waals surface area (Å²) < 4.78 is 1.32. The van der Waals surface area contributed by atoms with E-state index >= 15 is 0 Å². The smallest absolute Gasteiger partial charge is 0.329 e. The second-order valence-electron chi connectivity index (χ2n) is 5.29. The van der Waals surface area contributed by atoms with Gasteiger partial charge in [-0.05, 0) is 0 Å². The van der Waals surface area contributed by atoms with E-state index in [1.165, 1.54) is 9.47 Å². The molecule has 0 radical (unpaired) electrons. The lowest BCUT2D eigenvalue weighted by Crippen LogP contribution is -3.15. The number of aliphatic hydroxyl groups excluding tert-OH is 1. The van der Waals surface area contributed by atoms with Crippen LogP contribution in [0, 0.1) is 0 Å². The summed E-state index contributed by atoms with van der Waals surface area (Å²) in [5, 5.41) is 8.96. The summed E-state index contributed by atoms with van der Waals surface area (Å²) in [6.07, 6.45) is 0. The number of fused-ring (bicyclic) bond motifs is 1. The van der Waals surface area contributed by atoms with E-state index in [-0.39, 0.29) is 6.61 Å². The number of H-pyrrole nitrogens is 2. The number of rotatable bonds is 3. The first-order valence-corrected chi connectivity index (χ1v) is 6.98.